The molecule has 6 nitrogen and oxygen atoms in total. The molecule has 1 aliphatic heterocycles. The topological polar surface area (TPSA) is 76.7 Å². The Morgan fingerprint density at radius 3 is 2.29 bits per heavy atom. The summed E-state index contributed by atoms with van der Waals surface area (Å²) in [5.41, 5.74) is 1.14. The number of hydrogen-bond acceptors (Lipinski definition) is 4. The molecule has 2 N–H and O–H groups in total. The van der Waals surface area contributed by atoms with E-state index in [1.165, 1.54) is 24.3 Å². The summed E-state index contributed by atoms with van der Waals surface area (Å²) in [6.45, 7) is 0.145. The minimum absolute atomic E-state index is 0.0720. The second-order valence-corrected chi connectivity index (χ2v) is 6.04. The zero-order valence-electron chi connectivity index (χ0n) is 14.6. The molecule has 7 heteroatoms. The highest BCUT2D eigenvalue weighted by Gasteiger charge is 2.16. The number of benzene rings is 3. The van der Waals surface area contributed by atoms with E-state index in [1.54, 1.807) is 42.5 Å². The molecule has 2 amide bonds. The predicted molar refractivity (Wildman–Crippen MR) is 101 cm³/mol. The largest absolute Gasteiger partial charge is 0.454 e. The average molecular weight is 378 g/mol. The van der Waals surface area contributed by atoms with Crippen molar-refractivity contribution in [1.29, 1.82) is 0 Å². The van der Waals surface area contributed by atoms with Crippen LogP contribution in [0.4, 0.5) is 15.8 Å². The first-order valence-electron chi connectivity index (χ1n) is 8.47. The van der Waals surface area contributed by atoms with Gasteiger partial charge in [-0.1, -0.05) is 18.2 Å². The van der Waals surface area contributed by atoms with Crippen molar-refractivity contribution in [3.8, 4) is 11.5 Å². The molecular formula is C21H15FN2O4. The molecule has 0 saturated heterocycles. The van der Waals surface area contributed by atoms with E-state index < -0.39 is 11.7 Å². The van der Waals surface area contributed by atoms with E-state index in [0.717, 1.165) is 0 Å². The van der Waals surface area contributed by atoms with Crippen LogP contribution in [0.2, 0.25) is 0 Å². The number of anilines is 2. The zero-order chi connectivity index (χ0) is 19.5. The number of amides is 2. The van der Waals surface area contributed by atoms with Gasteiger partial charge in [0.15, 0.2) is 11.5 Å². The van der Waals surface area contributed by atoms with Gasteiger partial charge in [0.05, 0.1) is 5.69 Å². The van der Waals surface area contributed by atoms with Gasteiger partial charge in [0, 0.05) is 22.9 Å². The Labute approximate surface area is 159 Å². The summed E-state index contributed by atoms with van der Waals surface area (Å²) in [6, 6.07) is 17.1. The molecule has 28 heavy (non-hydrogen) atoms. The molecule has 0 spiro atoms. The molecular weight excluding hydrogens is 363 g/mol. The molecule has 1 heterocycles. The minimum atomic E-state index is -0.535. The van der Waals surface area contributed by atoms with Crippen LogP contribution in [-0.4, -0.2) is 18.6 Å². The third kappa shape index (κ3) is 3.64. The molecule has 0 radical (unpaired) electrons. The van der Waals surface area contributed by atoms with E-state index in [9.17, 15) is 14.0 Å². The van der Waals surface area contributed by atoms with E-state index in [0.29, 0.717) is 22.7 Å². The van der Waals surface area contributed by atoms with Gasteiger partial charge in [0.1, 0.15) is 5.82 Å². The summed E-state index contributed by atoms with van der Waals surface area (Å²) in [4.78, 5) is 24.9. The number of carbonyl (C=O) groups is 2. The summed E-state index contributed by atoms with van der Waals surface area (Å²) < 4.78 is 24.2. The number of rotatable bonds is 4. The fourth-order valence-electron chi connectivity index (χ4n) is 2.74. The standard InChI is InChI=1S/C21H15FN2O4/c22-16-6-1-2-7-17(16)24-21(26)14-5-3-4-13(10-14)20(25)23-15-8-9-18-19(11-15)28-12-27-18/h1-11H,12H2,(H,23,25)(H,24,26). The number of halogens is 1. The van der Waals surface area contributed by atoms with Crippen LogP contribution in [0.3, 0.4) is 0 Å². The van der Waals surface area contributed by atoms with Gasteiger partial charge in [-0.2, -0.15) is 0 Å². The van der Waals surface area contributed by atoms with Gasteiger partial charge < -0.3 is 20.1 Å². The van der Waals surface area contributed by atoms with Gasteiger partial charge in [-0.05, 0) is 42.5 Å². The second-order valence-electron chi connectivity index (χ2n) is 6.04. The molecule has 3 aromatic carbocycles. The quantitative estimate of drug-likeness (QED) is 0.718. The highest BCUT2D eigenvalue weighted by atomic mass is 19.1. The predicted octanol–water partition coefficient (Wildman–Crippen LogP) is 4.06. The van der Waals surface area contributed by atoms with Crippen molar-refractivity contribution in [2.45, 2.75) is 0 Å². The highest BCUT2D eigenvalue weighted by molar-refractivity contribution is 6.08. The maximum absolute atomic E-state index is 13.7. The first kappa shape index (κ1) is 17.5. The Kier molecular flexibility index (Phi) is 4.63. The smallest absolute Gasteiger partial charge is 0.255 e. The summed E-state index contributed by atoms with van der Waals surface area (Å²) in [7, 11) is 0. The Morgan fingerprint density at radius 1 is 0.786 bits per heavy atom. The van der Waals surface area contributed by atoms with Crippen LogP contribution in [0.1, 0.15) is 20.7 Å². The van der Waals surface area contributed by atoms with Crippen LogP contribution in [0.15, 0.2) is 66.7 Å². The lowest BCUT2D eigenvalue weighted by Gasteiger charge is -2.09. The van der Waals surface area contributed by atoms with E-state index in [-0.39, 0.29) is 24.0 Å². The highest BCUT2D eigenvalue weighted by Crippen LogP contribution is 2.34. The summed E-state index contributed by atoms with van der Waals surface area (Å²) in [5.74, 6) is -0.268. The maximum Gasteiger partial charge on any atom is 0.255 e. The molecule has 0 atom stereocenters. The van der Waals surface area contributed by atoms with Crippen molar-refractivity contribution in [2.75, 3.05) is 17.4 Å². The maximum atomic E-state index is 13.7. The van der Waals surface area contributed by atoms with Crippen LogP contribution in [0.25, 0.3) is 0 Å². The lowest BCUT2D eigenvalue weighted by molar-refractivity contribution is 0.102. The SMILES string of the molecule is O=C(Nc1ccc2c(c1)OCO2)c1cccc(C(=O)Nc2ccccc2F)c1. The van der Waals surface area contributed by atoms with Gasteiger partial charge in [0.25, 0.3) is 11.8 Å². The number of para-hydroxylation sites is 1. The Hall–Kier alpha value is -3.87. The second kappa shape index (κ2) is 7.40. The van der Waals surface area contributed by atoms with Crippen molar-refractivity contribution in [3.63, 3.8) is 0 Å². The van der Waals surface area contributed by atoms with E-state index in [4.69, 9.17) is 9.47 Å². The van der Waals surface area contributed by atoms with Crippen LogP contribution >= 0.6 is 0 Å². The monoisotopic (exact) mass is 378 g/mol. The number of nitrogens with one attached hydrogen (secondary N) is 2. The molecule has 1 aliphatic rings. The van der Waals surface area contributed by atoms with Gasteiger partial charge in [-0.3, -0.25) is 9.59 Å². The summed E-state index contributed by atoms with van der Waals surface area (Å²) in [5, 5.41) is 5.24. The third-order valence-corrected chi connectivity index (χ3v) is 4.14. The molecule has 0 bridgehead atoms. The molecule has 140 valence electrons. The molecule has 0 saturated carbocycles. The van der Waals surface area contributed by atoms with E-state index >= 15 is 0 Å². The Balaban J connectivity index is 1.49. The number of ether oxygens (including phenoxy) is 2. The van der Waals surface area contributed by atoms with Crippen LogP contribution in [-0.2, 0) is 0 Å². The summed E-state index contributed by atoms with van der Waals surface area (Å²) in [6.07, 6.45) is 0. The van der Waals surface area contributed by atoms with Gasteiger partial charge in [-0.25, -0.2) is 4.39 Å². The number of hydrogen-bond donors (Lipinski definition) is 2. The van der Waals surface area contributed by atoms with Crippen molar-refractivity contribution >= 4 is 23.2 Å². The molecule has 0 aromatic heterocycles. The molecule has 3 aromatic rings. The van der Waals surface area contributed by atoms with Crippen LogP contribution in [0.5, 0.6) is 11.5 Å². The van der Waals surface area contributed by atoms with Crippen LogP contribution in [0, 0.1) is 5.82 Å². The summed E-state index contributed by atoms with van der Waals surface area (Å²) >= 11 is 0. The van der Waals surface area contributed by atoms with Crippen molar-refractivity contribution in [1.82, 2.24) is 0 Å². The average Bonchev–Trinajstić information content (AvgIpc) is 3.17. The van der Waals surface area contributed by atoms with Crippen LogP contribution < -0.4 is 20.1 Å². The lowest BCUT2D eigenvalue weighted by atomic mass is 10.1. The number of carbonyl (C=O) groups excluding carboxylic acids is 2. The Morgan fingerprint density at radius 2 is 1.50 bits per heavy atom. The van der Waals surface area contributed by atoms with Crippen molar-refractivity contribution in [3.05, 3.63) is 83.7 Å². The molecule has 0 aliphatic carbocycles. The van der Waals surface area contributed by atoms with Crippen molar-refractivity contribution in [2.24, 2.45) is 0 Å². The van der Waals surface area contributed by atoms with Gasteiger partial charge >= 0.3 is 0 Å². The molecule has 4 rings (SSSR count). The molecule has 0 unspecified atom stereocenters. The van der Waals surface area contributed by atoms with Crippen molar-refractivity contribution < 1.29 is 23.5 Å². The first-order chi connectivity index (χ1) is 13.6. The van der Waals surface area contributed by atoms with E-state index in [1.807, 2.05) is 0 Å². The fraction of sp³-hybridized carbons (Fsp3) is 0.0476. The minimum Gasteiger partial charge on any atom is -0.454 e. The zero-order valence-corrected chi connectivity index (χ0v) is 14.6. The van der Waals surface area contributed by atoms with Gasteiger partial charge in [-0.15, -0.1) is 0 Å². The number of fused-ring (bicyclic) bond motifs is 1. The first-order valence-corrected chi connectivity index (χ1v) is 8.47. The molecule has 0 fully saturated rings. The normalized spacial score (nSPS) is 11.8. The Bertz CT molecular complexity index is 1070. The van der Waals surface area contributed by atoms with E-state index in [2.05, 4.69) is 10.6 Å². The lowest BCUT2D eigenvalue weighted by Crippen LogP contribution is -2.16. The fourth-order valence-corrected chi connectivity index (χ4v) is 2.74. The third-order valence-electron chi connectivity index (χ3n) is 4.14. The van der Waals surface area contributed by atoms with Gasteiger partial charge in [0.2, 0.25) is 6.79 Å².